The van der Waals surface area contributed by atoms with Gasteiger partial charge in [0.1, 0.15) is 0 Å². The highest BCUT2D eigenvalue weighted by Crippen LogP contribution is 2.15. The van der Waals surface area contributed by atoms with Gasteiger partial charge in [0.2, 0.25) is 11.9 Å². The number of aromatic nitrogens is 4. The molecule has 0 atom stereocenters. The monoisotopic (exact) mass is 325 g/mol. The third kappa shape index (κ3) is 2.80. The number of aromatic amines is 1. The highest BCUT2D eigenvalue weighted by atomic mass is 16.2. The van der Waals surface area contributed by atoms with Crippen molar-refractivity contribution in [3.05, 3.63) is 57.5 Å². The summed E-state index contributed by atoms with van der Waals surface area (Å²) in [5, 5.41) is 2.90. The van der Waals surface area contributed by atoms with Gasteiger partial charge < -0.3 is 0 Å². The van der Waals surface area contributed by atoms with Crippen LogP contribution in [0.1, 0.15) is 30.2 Å². The number of H-pyrrole nitrogens is 1. The average Bonchev–Trinajstić information content (AvgIpc) is 3.01. The second-order valence-electron chi connectivity index (χ2n) is 5.63. The van der Waals surface area contributed by atoms with Gasteiger partial charge in [-0.2, -0.15) is 9.50 Å². The number of aryl methyl sites for hydroxylation is 1. The van der Waals surface area contributed by atoms with Gasteiger partial charge >= 0.3 is 0 Å². The van der Waals surface area contributed by atoms with Crippen molar-refractivity contribution in [3.8, 4) is 0 Å². The molecule has 1 aromatic carbocycles. The molecule has 124 valence electrons. The molecule has 0 saturated heterocycles. The number of nitrogens with one attached hydrogen (secondary N) is 1. The number of hydrogen-bond donors (Lipinski definition) is 1. The van der Waals surface area contributed by atoms with Gasteiger partial charge in [-0.3, -0.25) is 19.6 Å². The number of amides is 1. The van der Waals surface area contributed by atoms with E-state index in [9.17, 15) is 9.59 Å². The van der Waals surface area contributed by atoms with Crippen LogP contribution in [-0.2, 0) is 11.3 Å². The van der Waals surface area contributed by atoms with E-state index >= 15 is 0 Å². The smallest absolute Gasteiger partial charge is 0.277 e. The molecule has 1 amide bonds. The summed E-state index contributed by atoms with van der Waals surface area (Å²) < 4.78 is 1.28. The number of rotatable bonds is 4. The molecule has 0 bridgehead atoms. The fraction of sp³-hybridized carbons (Fsp3) is 0.294. The van der Waals surface area contributed by atoms with Gasteiger partial charge in [0.25, 0.3) is 11.3 Å². The van der Waals surface area contributed by atoms with Crippen LogP contribution in [0.3, 0.4) is 0 Å². The van der Waals surface area contributed by atoms with Crippen molar-refractivity contribution in [2.24, 2.45) is 0 Å². The molecule has 3 rings (SSSR count). The largest absolute Gasteiger partial charge is 0.277 e. The number of benzene rings is 1. The molecule has 2 aromatic heterocycles. The van der Waals surface area contributed by atoms with Crippen molar-refractivity contribution in [2.75, 3.05) is 4.90 Å². The maximum Gasteiger partial charge on any atom is 0.277 e. The molecule has 0 aliphatic rings. The summed E-state index contributed by atoms with van der Waals surface area (Å²) in [6.07, 6.45) is 0.338. The van der Waals surface area contributed by atoms with Crippen LogP contribution >= 0.6 is 0 Å². The molecule has 0 saturated carbocycles. The second kappa shape index (κ2) is 6.27. The number of anilines is 1. The lowest BCUT2D eigenvalue weighted by atomic mass is 10.2. The normalized spacial score (nSPS) is 11.0. The Morgan fingerprint density at radius 1 is 1.21 bits per heavy atom. The molecule has 24 heavy (non-hydrogen) atoms. The lowest BCUT2D eigenvalue weighted by Crippen LogP contribution is -2.31. The molecule has 1 N–H and O–H groups in total. The van der Waals surface area contributed by atoms with E-state index in [4.69, 9.17) is 0 Å². The summed E-state index contributed by atoms with van der Waals surface area (Å²) in [4.78, 5) is 34.9. The Labute approximate surface area is 139 Å². The maximum atomic E-state index is 12.4. The van der Waals surface area contributed by atoms with Crippen LogP contribution in [0, 0.1) is 13.8 Å². The van der Waals surface area contributed by atoms with E-state index in [1.807, 2.05) is 30.3 Å². The minimum atomic E-state index is -0.208. The fourth-order valence-electron chi connectivity index (χ4n) is 2.45. The van der Waals surface area contributed by atoms with Crippen molar-refractivity contribution in [2.45, 2.75) is 33.7 Å². The minimum absolute atomic E-state index is 0.0839. The molecule has 0 aliphatic carbocycles. The molecule has 0 radical (unpaired) electrons. The predicted octanol–water partition coefficient (Wildman–Crippen LogP) is 1.98. The minimum Gasteiger partial charge on any atom is -0.277 e. The van der Waals surface area contributed by atoms with Crippen molar-refractivity contribution in [3.63, 3.8) is 0 Å². The first-order chi connectivity index (χ1) is 11.5. The molecule has 7 heteroatoms. The van der Waals surface area contributed by atoms with Gasteiger partial charge in [0.05, 0.1) is 6.54 Å². The zero-order valence-corrected chi connectivity index (χ0v) is 13.9. The summed E-state index contributed by atoms with van der Waals surface area (Å²) in [6, 6.07) is 9.64. The van der Waals surface area contributed by atoms with Gasteiger partial charge in [-0.25, -0.2) is 4.98 Å². The standard InChI is InChI=1S/C17H19N5O2/c1-4-14(23)21(10-13-8-6-5-7-9-13)17-19-16-18-12(3)11(2)15(24)22(16)20-17/h5-9H,4,10H2,1-3H3,(H,18,19,20). The van der Waals surface area contributed by atoms with E-state index in [0.29, 0.717) is 30.2 Å². The molecule has 7 nitrogen and oxygen atoms in total. The Kier molecular flexibility index (Phi) is 4.16. The van der Waals surface area contributed by atoms with E-state index in [1.165, 1.54) is 9.42 Å². The zero-order valence-electron chi connectivity index (χ0n) is 13.9. The highest BCUT2D eigenvalue weighted by molar-refractivity contribution is 5.91. The third-order valence-corrected chi connectivity index (χ3v) is 3.99. The van der Waals surface area contributed by atoms with Crippen LogP contribution in [0.4, 0.5) is 5.95 Å². The Bertz CT molecular complexity index is 943. The van der Waals surface area contributed by atoms with E-state index < -0.39 is 0 Å². The number of hydrogen-bond acceptors (Lipinski definition) is 4. The summed E-state index contributed by atoms with van der Waals surface area (Å²) in [5.74, 6) is 0.500. The first-order valence-electron chi connectivity index (χ1n) is 7.81. The molecule has 0 unspecified atom stereocenters. The van der Waals surface area contributed by atoms with Crippen LogP contribution in [0.2, 0.25) is 0 Å². The van der Waals surface area contributed by atoms with Crippen molar-refractivity contribution in [1.82, 2.24) is 19.6 Å². The summed E-state index contributed by atoms with van der Waals surface area (Å²) in [6.45, 7) is 5.66. The first kappa shape index (κ1) is 15.9. The summed E-state index contributed by atoms with van der Waals surface area (Å²) in [7, 11) is 0. The molecule has 0 fully saturated rings. The Morgan fingerprint density at radius 2 is 1.92 bits per heavy atom. The summed E-state index contributed by atoms with van der Waals surface area (Å²) in [5.41, 5.74) is 1.96. The number of carbonyl (C=O) groups is 1. The van der Waals surface area contributed by atoms with Gasteiger partial charge in [-0.1, -0.05) is 37.3 Å². The van der Waals surface area contributed by atoms with Gasteiger partial charge in [-0.15, -0.1) is 0 Å². The number of nitrogens with zero attached hydrogens (tertiary/aromatic N) is 4. The first-order valence-corrected chi connectivity index (χ1v) is 7.81. The van der Waals surface area contributed by atoms with E-state index in [2.05, 4.69) is 15.1 Å². The lowest BCUT2D eigenvalue weighted by Gasteiger charge is -2.18. The van der Waals surface area contributed by atoms with Crippen LogP contribution < -0.4 is 10.5 Å². The quantitative estimate of drug-likeness (QED) is 0.795. The Hall–Kier alpha value is -2.96. The predicted molar refractivity (Wildman–Crippen MR) is 91.0 cm³/mol. The van der Waals surface area contributed by atoms with Crippen LogP contribution in [0.15, 0.2) is 35.1 Å². The second-order valence-corrected chi connectivity index (χ2v) is 5.63. The Balaban J connectivity index is 2.08. The Morgan fingerprint density at radius 3 is 2.58 bits per heavy atom. The average molecular weight is 325 g/mol. The molecular formula is C17H19N5O2. The third-order valence-electron chi connectivity index (χ3n) is 3.99. The van der Waals surface area contributed by atoms with Gasteiger partial charge in [0.15, 0.2) is 0 Å². The maximum absolute atomic E-state index is 12.4. The van der Waals surface area contributed by atoms with E-state index in [-0.39, 0.29) is 17.2 Å². The SMILES string of the molecule is CCC(=O)N(Cc1ccccc1)c1nc2nc(C)c(C)c(=O)n2[nH]1. The fourth-order valence-corrected chi connectivity index (χ4v) is 2.45. The number of carbonyl (C=O) groups excluding carboxylic acids is 1. The molecule has 2 heterocycles. The topological polar surface area (TPSA) is 83.4 Å². The van der Waals surface area contributed by atoms with Crippen molar-refractivity contribution < 1.29 is 4.79 Å². The molecule has 0 spiro atoms. The van der Waals surface area contributed by atoms with E-state index in [0.717, 1.165) is 5.56 Å². The van der Waals surface area contributed by atoms with E-state index in [1.54, 1.807) is 20.8 Å². The van der Waals surface area contributed by atoms with Crippen LogP contribution in [0.25, 0.3) is 5.78 Å². The van der Waals surface area contributed by atoms with Gasteiger partial charge in [-0.05, 0) is 19.4 Å². The van der Waals surface area contributed by atoms with Crippen molar-refractivity contribution >= 4 is 17.6 Å². The van der Waals surface area contributed by atoms with Crippen LogP contribution in [0.5, 0.6) is 0 Å². The van der Waals surface area contributed by atoms with Gasteiger partial charge in [0, 0.05) is 17.7 Å². The highest BCUT2D eigenvalue weighted by Gasteiger charge is 2.20. The molecular weight excluding hydrogens is 306 g/mol. The number of fused-ring (bicyclic) bond motifs is 1. The molecule has 0 aliphatic heterocycles. The van der Waals surface area contributed by atoms with Crippen molar-refractivity contribution in [1.29, 1.82) is 0 Å². The lowest BCUT2D eigenvalue weighted by molar-refractivity contribution is -0.118. The zero-order chi connectivity index (χ0) is 17.3. The molecule has 3 aromatic rings. The van der Waals surface area contributed by atoms with Crippen LogP contribution in [-0.4, -0.2) is 25.5 Å². The summed E-state index contributed by atoms with van der Waals surface area (Å²) >= 11 is 0.